The Kier molecular flexibility index (Phi) is 2.80. The molecule has 0 unspecified atom stereocenters. The number of aryl methyl sites for hydroxylation is 1. The molecule has 4 heteroatoms. The summed E-state index contributed by atoms with van der Waals surface area (Å²) < 4.78 is 31.5. The monoisotopic (exact) mass is 240 g/mol. The summed E-state index contributed by atoms with van der Waals surface area (Å²) in [6.07, 6.45) is 3.45. The lowest BCUT2D eigenvalue weighted by Crippen LogP contribution is -2.14. The molecule has 0 spiro atoms. The molecule has 0 aromatic heterocycles. The van der Waals surface area contributed by atoms with E-state index in [1.54, 1.807) is 13.0 Å². The third kappa shape index (κ3) is 1.87. The van der Waals surface area contributed by atoms with E-state index in [0.29, 0.717) is 11.5 Å². The van der Waals surface area contributed by atoms with Gasteiger partial charge in [0.05, 0.1) is 4.90 Å². The van der Waals surface area contributed by atoms with Crippen molar-refractivity contribution >= 4 is 10.1 Å². The molecule has 16 heavy (non-hydrogen) atoms. The lowest BCUT2D eigenvalue weighted by Gasteiger charge is -2.29. The van der Waals surface area contributed by atoms with Gasteiger partial charge in [0.1, 0.15) is 0 Å². The molecule has 3 nitrogen and oxygen atoms in total. The van der Waals surface area contributed by atoms with Crippen molar-refractivity contribution in [3.05, 3.63) is 28.8 Å². The minimum atomic E-state index is -4.09. The summed E-state index contributed by atoms with van der Waals surface area (Å²) in [5.41, 5.74) is 2.95. The highest BCUT2D eigenvalue weighted by Gasteiger charge is 2.26. The summed E-state index contributed by atoms with van der Waals surface area (Å²) in [4.78, 5) is 0.0556. The van der Waals surface area contributed by atoms with Crippen LogP contribution in [0.4, 0.5) is 0 Å². The van der Waals surface area contributed by atoms with E-state index in [1.165, 1.54) is 12.5 Å². The fraction of sp³-hybridized carbons (Fsp3) is 0.500. The van der Waals surface area contributed by atoms with Crippen molar-refractivity contribution in [3.63, 3.8) is 0 Å². The average Bonchev–Trinajstić information content (AvgIpc) is 2.06. The predicted molar refractivity (Wildman–Crippen MR) is 62.3 cm³/mol. The van der Waals surface area contributed by atoms with Gasteiger partial charge >= 0.3 is 0 Å². The fourth-order valence-electron chi connectivity index (χ4n) is 2.45. The zero-order valence-electron chi connectivity index (χ0n) is 9.53. The smallest absolute Gasteiger partial charge is 0.282 e. The molecular weight excluding hydrogens is 224 g/mol. The molecule has 0 radical (unpaired) electrons. The van der Waals surface area contributed by atoms with Crippen molar-refractivity contribution in [2.75, 3.05) is 0 Å². The van der Waals surface area contributed by atoms with Crippen LogP contribution in [0.15, 0.2) is 17.0 Å². The van der Waals surface area contributed by atoms with Gasteiger partial charge in [-0.1, -0.05) is 12.5 Å². The Balaban J connectivity index is 2.59. The number of hydrogen-bond acceptors (Lipinski definition) is 2. The highest BCUT2D eigenvalue weighted by Crippen LogP contribution is 2.40. The Labute approximate surface area is 96.2 Å². The van der Waals surface area contributed by atoms with Crippen LogP contribution >= 0.6 is 0 Å². The second-order valence-electron chi connectivity index (χ2n) is 4.52. The van der Waals surface area contributed by atoms with Gasteiger partial charge < -0.3 is 0 Å². The first kappa shape index (κ1) is 11.6. The summed E-state index contributed by atoms with van der Waals surface area (Å²) in [6.45, 7) is 3.78. The van der Waals surface area contributed by atoms with Crippen molar-refractivity contribution in [2.45, 2.75) is 43.9 Å². The molecule has 0 heterocycles. The van der Waals surface area contributed by atoms with Crippen LogP contribution in [0.3, 0.4) is 0 Å². The second-order valence-corrected chi connectivity index (χ2v) is 5.91. The third-order valence-corrected chi connectivity index (χ3v) is 4.47. The maximum absolute atomic E-state index is 11.2. The number of rotatable bonds is 2. The third-order valence-electron chi connectivity index (χ3n) is 3.47. The van der Waals surface area contributed by atoms with Gasteiger partial charge in [0.2, 0.25) is 0 Å². The molecule has 0 aliphatic heterocycles. The lowest BCUT2D eigenvalue weighted by atomic mass is 9.76. The first-order chi connectivity index (χ1) is 7.41. The molecule has 0 amide bonds. The minimum absolute atomic E-state index is 0.0556. The van der Waals surface area contributed by atoms with Gasteiger partial charge in [-0.2, -0.15) is 8.42 Å². The summed E-state index contributed by atoms with van der Waals surface area (Å²) in [5.74, 6) is 0.474. The van der Waals surface area contributed by atoms with Crippen molar-refractivity contribution in [1.29, 1.82) is 0 Å². The maximum Gasteiger partial charge on any atom is 0.294 e. The molecule has 1 saturated carbocycles. The Morgan fingerprint density at radius 2 is 1.88 bits per heavy atom. The first-order valence-corrected chi connectivity index (χ1v) is 6.93. The molecule has 0 atom stereocenters. The number of benzene rings is 1. The largest absolute Gasteiger partial charge is 0.294 e. The molecule has 1 aromatic carbocycles. The quantitative estimate of drug-likeness (QED) is 0.809. The SMILES string of the molecule is Cc1ccc(S(=O)(=O)O)c(C)c1C1CCC1. The Morgan fingerprint density at radius 3 is 2.31 bits per heavy atom. The molecule has 0 saturated heterocycles. The van der Waals surface area contributed by atoms with E-state index in [-0.39, 0.29) is 4.90 Å². The molecule has 1 aromatic rings. The van der Waals surface area contributed by atoms with Crippen LogP contribution in [0, 0.1) is 13.8 Å². The molecule has 1 aliphatic rings. The van der Waals surface area contributed by atoms with Crippen molar-refractivity contribution in [2.24, 2.45) is 0 Å². The predicted octanol–water partition coefficient (Wildman–Crippen LogP) is 2.82. The van der Waals surface area contributed by atoms with E-state index in [0.717, 1.165) is 24.0 Å². The topological polar surface area (TPSA) is 54.4 Å². The van der Waals surface area contributed by atoms with E-state index in [1.807, 2.05) is 6.92 Å². The van der Waals surface area contributed by atoms with Crippen LogP contribution < -0.4 is 0 Å². The molecule has 0 bridgehead atoms. The fourth-order valence-corrected chi connectivity index (χ4v) is 3.19. The maximum atomic E-state index is 11.2. The summed E-state index contributed by atoms with van der Waals surface area (Å²) in [5, 5.41) is 0. The average molecular weight is 240 g/mol. The molecule has 2 rings (SSSR count). The first-order valence-electron chi connectivity index (χ1n) is 5.49. The highest BCUT2D eigenvalue weighted by molar-refractivity contribution is 7.85. The van der Waals surface area contributed by atoms with Gasteiger partial charge in [-0.15, -0.1) is 0 Å². The highest BCUT2D eigenvalue weighted by atomic mass is 32.2. The van der Waals surface area contributed by atoms with Gasteiger partial charge in [0.25, 0.3) is 10.1 Å². The van der Waals surface area contributed by atoms with Crippen LogP contribution in [0.5, 0.6) is 0 Å². The molecule has 1 fully saturated rings. The Hall–Kier alpha value is -0.870. The van der Waals surface area contributed by atoms with Crippen LogP contribution in [0.25, 0.3) is 0 Å². The van der Waals surface area contributed by atoms with Crippen LogP contribution in [-0.4, -0.2) is 13.0 Å². The van der Waals surface area contributed by atoms with Gasteiger partial charge in [0, 0.05) is 0 Å². The zero-order chi connectivity index (χ0) is 11.9. The van der Waals surface area contributed by atoms with Crippen molar-refractivity contribution in [3.8, 4) is 0 Å². The minimum Gasteiger partial charge on any atom is -0.282 e. The molecule has 1 N–H and O–H groups in total. The molecule has 88 valence electrons. The number of hydrogen-bond donors (Lipinski definition) is 1. The van der Waals surface area contributed by atoms with E-state index >= 15 is 0 Å². The summed E-state index contributed by atoms with van der Waals surface area (Å²) in [7, 11) is -4.09. The van der Waals surface area contributed by atoms with Gasteiger partial charge in [-0.25, -0.2) is 0 Å². The molecular formula is C12H16O3S. The normalized spacial score (nSPS) is 17.2. The van der Waals surface area contributed by atoms with Crippen molar-refractivity contribution < 1.29 is 13.0 Å². The van der Waals surface area contributed by atoms with E-state index in [2.05, 4.69) is 0 Å². The lowest BCUT2D eigenvalue weighted by molar-refractivity contribution is 0.415. The second kappa shape index (κ2) is 3.86. The van der Waals surface area contributed by atoms with Gasteiger partial charge in [0.15, 0.2) is 0 Å². The van der Waals surface area contributed by atoms with Crippen LogP contribution in [-0.2, 0) is 10.1 Å². The Morgan fingerprint density at radius 1 is 1.25 bits per heavy atom. The van der Waals surface area contributed by atoms with E-state index in [9.17, 15) is 8.42 Å². The van der Waals surface area contributed by atoms with Crippen LogP contribution in [0.1, 0.15) is 41.9 Å². The van der Waals surface area contributed by atoms with E-state index < -0.39 is 10.1 Å². The van der Waals surface area contributed by atoms with Crippen molar-refractivity contribution in [1.82, 2.24) is 0 Å². The van der Waals surface area contributed by atoms with Crippen LogP contribution in [0.2, 0.25) is 0 Å². The van der Waals surface area contributed by atoms with Gasteiger partial charge in [-0.05, 0) is 55.4 Å². The standard InChI is InChI=1S/C12H16O3S/c1-8-6-7-11(16(13,14)15)9(2)12(8)10-4-3-5-10/h6-7,10H,3-5H2,1-2H3,(H,13,14,15). The summed E-state index contributed by atoms with van der Waals surface area (Å²) in [6, 6.07) is 3.27. The van der Waals surface area contributed by atoms with E-state index in [4.69, 9.17) is 4.55 Å². The molecule has 1 aliphatic carbocycles. The Bertz CT molecular complexity index is 513. The van der Waals surface area contributed by atoms with Gasteiger partial charge in [-0.3, -0.25) is 4.55 Å². The zero-order valence-corrected chi connectivity index (χ0v) is 10.3. The summed E-state index contributed by atoms with van der Waals surface area (Å²) >= 11 is 0.